The van der Waals surface area contributed by atoms with Gasteiger partial charge in [0.15, 0.2) is 5.96 Å². The van der Waals surface area contributed by atoms with Crippen molar-refractivity contribution in [3.8, 4) is 5.75 Å². The highest BCUT2D eigenvalue weighted by molar-refractivity contribution is 5.93. The van der Waals surface area contributed by atoms with E-state index in [0.29, 0.717) is 12.5 Å². The van der Waals surface area contributed by atoms with E-state index in [1.165, 1.54) is 17.5 Å². The topological polar surface area (TPSA) is 59.6 Å². The van der Waals surface area contributed by atoms with E-state index in [9.17, 15) is 0 Å². The van der Waals surface area contributed by atoms with E-state index in [0.717, 1.165) is 24.3 Å². The predicted octanol–water partition coefficient (Wildman–Crippen LogP) is 3.72. The Balaban J connectivity index is 1.76. The quantitative estimate of drug-likeness (QED) is 0.666. The van der Waals surface area contributed by atoms with Gasteiger partial charge in [-0.3, -0.25) is 4.99 Å². The molecule has 0 saturated carbocycles. The van der Waals surface area contributed by atoms with Crippen LogP contribution in [0.3, 0.4) is 0 Å². The maximum atomic E-state index is 6.11. The first kappa shape index (κ1) is 16.4. The smallest absolute Gasteiger partial charge is 0.193 e. The molecule has 0 fully saturated rings. The van der Waals surface area contributed by atoms with Crippen LogP contribution in [0.5, 0.6) is 5.75 Å². The highest BCUT2D eigenvalue weighted by Crippen LogP contribution is 2.37. The summed E-state index contributed by atoms with van der Waals surface area (Å²) in [5.74, 6) is 1.17. The summed E-state index contributed by atoms with van der Waals surface area (Å²) in [6, 6.07) is 16.4. The maximum absolute atomic E-state index is 6.11. The molecule has 1 aliphatic rings. The standard InChI is InChI=1S/C20H25N3O/c1-20(13-7-9-15-8-3-4-10-16(15)20)14-22-19(21)23-17-11-5-6-12-18(17)24-2/h3-6,8,10-12H,7,9,13-14H2,1-2H3,(H3,21,22,23). The van der Waals surface area contributed by atoms with E-state index in [1.54, 1.807) is 7.11 Å². The first-order valence-electron chi connectivity index (χ1n) is 8.41. The van der Waals surface area contributed by atoms with E-state index in [4.69, 9.17) is 10.5 Å². The molecule has 3 rings (SSSR count). The molecule has 1 aliphatic carbocycles. The van der Waals surface area contributed by atoms with Crippen molar-refractivity contribution in [1.29, 1.82) is 0 Å². The number of para-hydroxylation sites is 2. The van der Waals surface area contributed by atoms with E-state index >= 15 is 0 Å². The summed E-state index contributed by atoms with van der Waals surface area (Å²) in [5, 5.41) is 3.14. The number of aliphatic imine (C=N–C) groups is 1. The van der Waals surface area contributed by atoms with Crippen LogP contribution in [0, 0.1) is 0 Å². The molecule has 4 heteroatoms. The lowest BCUT2D eigenvalue weighted by molar-refractivity contribution is 0.405. The molecule has 126 valence electrons. The summed E-state index contributed by atoms with van der Waals surface area (Å²) in [4.78, 5) is 4.62. The Hall–Kier alpha value is -2.49. The number of hydrogen-bond donors (Lipinski definition) is 2. The SMILES string of the molecule is COc1ccccc1NC(N)=NCC1(C)CCCc2ccccc21. The third-order valence-electron chi connectivity index (χ3n) is 4.81. The second-order valence-corrected chi connectivity index (χ2v) is 6.60. The average Bonchev–Trinajstić information content (AvgIpc) is 2.61. The second kappa shape index (κ2) is 6.95. The minimum atomic E-state index is 0.0436. The summed E-state index contributed by atoms with van der Waals surface area (Å²) < 4.78 is 5.33. The first-order chi connectivity index (χ1) is 11.6. The molecule has 0 bridgehead atoms. The number of guanidine groups is 1. The summed E-state index contributed by atoms with van der Waals surface area (Å²) in [6.07, 6.45) is 3.49. The maximum Gasteiger partial charge on any atom is 0.193 e. The molecule has 1 atom stereocenters. The predicted molar refractivity (Wildman–Crippen MR) is 99.8 cm³/mol. The van der Waals surface area contributed by atoms with Crippen LogP contribution in [0.2, 0.25) is 0 Å². The summed E-state index contributed by atoms with van der Waals surface area (Å²) in [7, 11) is 1.65. The van der Waals surface area contributed by atoms with Crippen molar-refractivity contribution >= 4 is 11.6 Å². The van der Waals surface area contributed by atoms with Crippen molar-refractivity contribution in [1.82, 2.24) is 0 Å². The van der Waals surface area contributed by atoms with E-state index in [1.807, 2.05) is 24.3 Å². The highest BCUT2D eigenvalue weighted by atomic mass is 16.5. The van der Waals surface area contributed by atoms with Crippen LogP contribution >= 0.6 is 0 Å². The lowest BCUT2D eigenvalue weighted by Gasteiger charge is -2.34. The molecule has 1 unspecified atom stereocenters. The molecule has 0 amide bonds. The van der Waals surface area contributed by atoms with Crippen LogP contribution in [0.4, 0.5) is 5.69 Å². The fraction of sp³-hybridized carbons (Fsp3) is 0.350. The molecule has 0 aromatic heterocycles. The molecule has 0 spiro atoms. The Morgan fingerprint density at radius 3 is 2.79 bits per heavy atom. The summed E-state index contributed by atoms with van der Waals surface area (Å²) >= 11 is 0. The average molecular weight is 323 g/mol. The number of nitrogens with one attached hydrogen (secondary N) is 1. The number of fused-ring (bicyclic) bond motifs is 1. The molecule has 0 radical (unpaired) electrons. The third-order valence-corrected chi connectivity index (χ3v) is 4.81. The summed E-state index contributed by atoms with van der Waals surface area (Å²) in [6.45, 7) is 2.96. The molecular formula is C20H25N3O. The number of methoxy groups -OCH3 is 1. The first-order valence-corrected chi connectivity index (χ1v) is 8.41. The molecule has 4 nitrogen and oxygen atoms in total. The highest BCUT2D eigenvalue weighted by Gasteiger charge is 2.31. The van der Waals surface area contributed by atoms with E-state index < -0.39 is 0 Å². The molecule has 3 N–H and O–H groups in total. The zero-order valence-corrected chi connectivity index (χ0v) is 14.4. The van der Waals surface area contributed by atoms with Gasteiger partial charge in [-0.15, -0.1) is 0 Å². The van der Waals surface area contributed by atoms with Gasteiger partial charge in [0, 0.05) is 5.41 Å². The summed E-state index contributed by atoms with van der Waals surface area (Å²) in [5.41, 5.74) is 9.83. The van der Waals surface area contributed by atoms with Gasteiger partial charge < -0.3 is 15.8 Å². The number of nitrogens with zero attached hydrogens (tertiary/aromatic N) is 1. The Bertz CT molecular complexity index is 741. The number of hydrogen-bond acceptors (Lipinski definition) is 2. The number of rotatable bonds is 4. The van der Waals surface area contributed by atoms with Crippen LogP contribution in [-0.4, -0.2) is 19.6 Å². The zero-order valence-electron chi connectivity index (χ0n) is 14.4. The Morgan fingerprint density at radius 1 is 1.21 bits per heavy atom. The molecular weight excluding hydrogens is 298 g/mol. The van der Waals surface area contributed by atoms with Gasteiger partial charge in [-0.1, -0.05) is 43.3 Å². The molecule has 2 aromatic carbocycles. The van der Waals surface area contributed by atoms with E-state index in [2.05, 4.69) is 41.5 Å². The van der Waals surface area contributed by atoms with Crippen molar-refractivity contribution in [3.63, 3.8) is 0 Å². The number of benzene rings is 2. The Labute approximate surface area is 143 Å². The molecule has 2 aromatic rings. The van der Waals surface area contributed by atoms with Gasteiger partial charge in [0.25, 0.3) is 0 Å². The third kappa shape index (κ3) is 3.37. The molecule has 0 aliphatic heterocycles. The van der Waals surface area contributed by atoms with Gasteiger partial charge in [-0.25, -0.2) is 0 Å². The number of anilines is 1. The van der Waals surface area contributed by atoms with Gasteiger partial charge in [0.05, 0.1) is 19.3 Å². The molecule has 0 saturated heterocycles. The van der Waals surface area contributed by atoms with Crippen molar-refractivity contribution in [2.24, 2.45) is 10.7 Å². The van der Waals surface area contributed by atoms with Crippen molar-refractivity contribution in [2.45, 2.75) is 31.6 Å². The van der Waals surface area contributed by atoms with Crippen molar-refractivity contribution in [3.05, 3.63) is 59.7 Å². The van der Waals surface area contributed by atoms with Crippen LogP contribution < -0.4 is 15.8 Å². The zero-order chi connectivity index (χ0) is 17.0. The number of aryl methyl sites for hydroxylation is 1. The normalized spacial score (nSPS) is 20.3. The van der Waals surface area contributed by atoms with Crippen LogP contribution in [0.25, 0.3) is 0 Å². The van der Waals surface area contributed by atoms with Gasteiger partial charge in [0.1, 0.15) is 5.75 Å². The van der Waals surface area contributed by atoms with Crippen molar-refractivity contribution in [2.75, 3.05) is 19.0 Å². The van der Waals surface area contributed by atoms with E-state index in [-0.39, 0.29) is 5.41 Å². The molecule has 24 heavy (non-hydrogen) atoms. The minimum Gasteiger partial charge on any atom is -0.495 e. The monoisotopic (exact) mass is 323 g/mol. The second-order valence-electron chi connectivity index (χ2n) is 6.60. The van der Waals surface area contributed by atoms with Gasteiger partial charge in [-0.05, 0) is 42.5 Å². The fourth-order valence-corrected chi connectivity index (χ4v) is 3.48. The van der Waals surface area contributed by atoms with Crippen LogP contribution in [0.15, 0.2) is 53.5 Å². The fourth-order valence-electron chi connectivity index (χ4n) is 3.48. The lowest BCUT2D eigenvalue weighted by Crippen LogP contribution is -2.33. The molecule has 0 heterocycles. The number of nitrogens with two attached hydrogens (primary N) is 1. The van der Waals surface area contributed by atoms with Crippen LogP contribution in [0.1, 0.15) is 30.9 Å². The van der Waals surface area contributed by atoms with Gasteiger partial charge >= 0.3 is 0 Å². The number of ether oxygens (including phenoxy) is 1. The Kier molecular flexibility index (Phi) is 4.74. The van der Waals surface area contributed by atoms with Gasteiger partial charge in [0.2, 0.25) is 0 Å². The minimum absolute atomic E-state index is 0.0436. The van der Waals surface area contributed by atoms with Crippen LogP contribution in [-0.2, 0) is 11.8 Å². The van der Waals surface area contributed by atoms with Crippen molar-refractivity contribution < 1.29 is 4.74 Å². The Morgan fingerprint density at radius 2 is 1.96 bits per heavy atom. The largest absolute Gasteiger partial charge is 0.495 e. The van der Waals surface area contributed by atoms with Gasteiger partial charge in [-0.2, -0.15) is 0 Å². The lowest BCUT2D eigenvalue weighted by atomic mass is 9.71.